The predicted molar refractivity (Wildman–Crippen MR) is 92.8 cm³/mol. The van der Waals surface area contributed by atoms with Crippen LogP contribution in [0.2, 0.25) is 0 Å². The number of hydrogen-bond acceptors (Lipinski definition) is 3. The maximum absolute atomic E-state index is 11.3. The van der Waals surface area contributed by atoms with Gasteiger partial charge < -0.3 is 5.11 Å². The highest BCUT2D eigenvalue weighted by Gasteiger charge is 2.37. The third-order valence-corrected chi connectivity index (χ3v) is 5.08. The topological polar surface area (TPSA) is 52.9 Å². The van der Waals surface area contributed by atoms with Crippen molar-refractivity contribution < 1.29 is 9.90 Å². The fourth-order valence-electron chi connectivity index (χ4n) is 2.92. The lowest BCUT2D eigenvalue weighted by Crippen LogP contribution is -2.32. The van der Waals surface area contributed by atoms with Crippen LogP contribution in [0.25, 0.3) is 0 Å². The van der Waals surface area contributed by atoms with Crippen LogP contribution >= 0.6 is 34.8 Å². The normalized spacial score (nSPS) is 27.8. The van der Waals surface area contributed by atoms with Crippen LogP contribution in [0.4, 0.5) is 0 Å². The zero-order valence-corrected chi connectivity index (χ0v) is 14.4. The molecule has 0 saturated carbocycles. The van der Waals surface area contributed by atoms with Crippen LogP contribution in [-0.2, 0) is 4.79 Å². The Morgan fingerprint density at radius 2 is 1.87 bits per heavy atom. The Hall–Kier alpha value is -1.23. The highest BCUT2D eigenvalue weighted by Crippen LogP contribution is 2.37. The number of halogens is 3. The summed E-state index contributed by atoms with van der Waals surface area (Å²) in [5, 5.41) is 16.5. The average Bonchev–Trinajstić information content (AvgIpc) is 2.93. The first-order valence-corrected chi connectivity index (χ1v) is 8.50. The fourth-order valence-corrected chi connectivity index (χ4v) is 3.71. The van der Waals surface area contributed by atoms with Gasteiger partial charge in [-0.3, -0.25) is 5.01 Å². The summed E-state index contributed by atoms with van der Waals surface area (Å²) >= 11 is 18.4. The van der Waals surface area contributed by atoms with E-state index in [1.54, 1.807) is 11.1 Å². The number of carboxylic acids is 1. The molecule has 2 unspecified atom stereocenters. The van der Waals surface area contributed by atoms with Crippen LogP contribution in [-0.4, -0.2) is 33.2 Å². The van der Waals surface area contributed by atoms with Gasteiger partial charge in [-0.05, 0) is 36.6 Å². The molecule has 1 heterocycles. The summed E-state index contributed by atoms with van der Waals surface area (Å²) in [6.07, 6.45) is 9.84. The Balaban J connectivity index is 1.95. The van der Waals surface area contributed by atoms with E-state index in [2.05, 4.69) is 5.10 Å². The summed E-state index contributed by atoms with van der Waals surface area (Å²) in [4.78, 5) is 11.3. The molecule has 1 aliphatic heterocycles. The van der Waals surface area contributed by atoms with Gasteiger partial charge in [-0.25, -0.2) is 4.79 Å². The first-order chi connectivity index (χ1) is 11.0. The van der Waals surface area contributed by atoms with Crippen LogP contribution in [0, 0.1) is 0 Å². The molecule has 0 aromatic heterocycles. The molecule has 0 amide bonds. The fraction of sp³-hybridized carbons (Fsp3) is 0.375. The largest absolute Gasteiger partial charge is 0.477 e. The molecular formula is C16H15Cl3N2O2. The van der Waals surface area contributed by atoms with E-state index in [-0.39, 0.29) is 17.1 Å². The summed E-state index contributed by atoms with van der Waals surface area (Å²) in [5.74, 6) is -1.00. The van der Waals surface area contributed by atoms with E-state index in [1.165, 1.54) is 0 Å². The molecule has 122 valence electrons. The number of nitrogens with zero attached hydrogens (tertiary/aromatic N) is 2. The maximum atomic E-state index is 11.3. The second kappa shape index (κ2) is 6.71. The first-order valence-electron chi connectivity index (χ1n) is 7.31. The molecule has 3 rings (SSSR count). The molecule has 23 heavy (non-hydrogen) atoms. The third kappa shape index (κ3) is 3.49. The van der Waals surface area contributed by atoms with Crippen molar-refractivity contribution in [1.29, 1.82) is 0 Å². The SMILES string of the molecule is O=C(O)C1=NN(C2=CC=C(Cl)CC2Cl)C(C2=CC=C(Cl)CC2)C1. The van der Waals surface area contributed by atoms with E-state index in [0.717, 1.165) is 29.1 Å². The van der Waals surface area contributed by atoms with Crippen molar-refractivity contribution in [2.75, 3.05) is 0 Å². The van der Waals surface area contributed by atoms with Gasteiger partial charge in [0.25, 0.3) is 0 Å². The second-order valence-electron chi connectivity index (χ2n) is 5.65. The van der Waals surface area contributed by atoms with E-state index in [0.29, 0.717) is 17.9 Å². The van der Waals surface area contributed by atoms with E-state index >= 15 is 0 Å². The molecule has 0 aromatic carbocycles. The molecule has 7 heteroatoms. The molecule has 0 bridgehead atoms. The lowest BCUT2D eigenvalue weighted by atomic mass is 9.93. The number of rotatable bonds is 3. The van der Waals surface area contributed by atoms with Gasteiger partial charge in [0.2, 0.25) is 0 Å². The van der Waals surface area contributed by atoms with Gasteiger partial charge in [0, 0.05) is 22.9 Å². The standard InChI is InChI=1S/C16H15Cl3N2O2/c17-10-3-1-9(2-4-10)15-8-13(16(22)23)20-21(15)14-6-5-11(18)7-12(14)19/h1,3,5-6,12,15H,2,4,7-8H2,(H,22,23). The summed E-state index contributed by atoms with van der Waals surface area (Å²) in [7, 11) is 0. The lowest BCUT2D eigenvalue weighted by molar-refractivity contribution is -0.129. The van der Waals surface area contributed by atoms with Gasteiger partial charge in [0.15, 0.2) is 0 Å². The Morgan fingerprint density at radius 3 is 2.48 bits per heavy atom. The number of hydrogen-bond donors (Lipinski definition) is 1. The Kier molecular flexibility index (Phi) is 4.85. The molecule has 2 atom stereocenters. The molecule has 0 saturated heterocycles. The lowest BCUT2D eigenvalue weighted by Gasteiger charge is -2.32. The molecule has 4 nitrogen and oxygen atoms in total. The third-order valence-electron chi connectivity index (χ3n) is 4.11. The summed E-state index contributed by atoms with van der Waals surface area (Å²) in [6, 6.07) is -0.139. The monoisotopic (exact) mass is 372 g/mol. The van der Waals surface area contributed by atoms with Gasteiger partial charge >= 0.3 is 5.97 Å². The van der Waals surface area contributed by atoms with Crippen molar-refractivity contribution >= 4 is 46.5 Å². The van der Waals surface area contributed by atoms with Gasteiger partial charge in [-0.1, -0.05) is 29.3 Å². The van der Waals surface area contributed by atoms with Crippen LogP contribution in [0.5, 0.6) is 0 Å². The molecule has 0 spiro atoms. The summed E-state index contributed by atoms with van der Waals surface area (Å²) in [5.41, 5.74) is 2.03. The molecule has 0 aromatic rings. The Bertz CT molecular complexity index is 691. The van der Waals surface area contributed by atoms with Crippen LogP contribution in [0.3, 0.4) is 0 Å². The summed E-state index contributed by atoms with van der Waals surface area (Å²) < 4.78 is 0. The van der Waals surface area contributed by atoms with E-state index in [9.17, 15) is 9.90 Å². The van der Waals surface area contributed by atoms with Crippen LogP contribution in [0.1, 0.15) is 25.7 Å². The molecule has 2 aliphatic carbocycles. The van der Waals surface area contributed by atoms with E-state index in [4.69, 9.17) is 34.8 Å². The quantitative estimate of drug-likeness (QED) is 0.748. The molecule has 0 fully saturated rings. The minimum absolute atomic E-state index is 0.139. The van der Waals surface area contributed by atoms with Gasteiger partial charge in [-0.15, -0.1) is 11.6 Å². The minimum Gasteiger partial charge on any atom is -0.477 e. The van der Waals surface area contributed by atoms with Crippen molar-refractivity contribution in [3.05, 3.63) is 45.6 Å². The summed E-state index contributed by atoms with van der Waals surface area (Å²) in [6.45, 7) is 0. The second-order valence-corrected chi connectivity index (χ2v) is 7.15. The Labute approximate surface area is 149 Å². The molecule has 1 N–H and O–H groups in total. The number of allylic oxidation sites excluding steroid dienone is 7. The number of carbonyl (C=O) groups is 1. The van der Waals surface area contributed by atoms with Crippen LogP contribution in [0.15, 0.2) is 50.7 Å². The van der Waals surface area contributed by atoms with Crippen molar-refractivity contribution in [2.45, 2.75) is 37.1 Å². The highest BCUT2D eigenvalue weighted by molar-refractivity contribution is 6.36. The van der Waals surface area contributed by atoms with Gasteiger partial charge in [-0.2, -0.15) is 5.10 Å². The highest BCUT2D eigenvalue weighted by atomic mass is 35.5. The zero-order chi connectivity index (χ0) is 16.6. The Morgan fingerprint density at radius 1 is 1.13 bits per heavy atom. The number of aliphatic carboxylic acids is 1. The number of alkyl halides is 1. The molecule has 0 radical (unpaired) electrons. The zero-order valence-electron chi connectivity index (χ0n) is 12.2. The smallest absolute Gasteiger partial charge is 0.352 e. The predicted octanol–water partition coefficient (Wildman–Crippen LogP) is 4.36. The van der Waals surface area contributed by atoms with E-state index < -0.39 is 5.97 Å². The maximum Gasteiger partial charge on any atom is 0.352 e. The number of carboxylic acid groups (broad SMARTS) is 1. The average molecular weight is 374 g/mol. The van der Waals surface area contributed by atoms with Crippen molar-refractivity contribution in [3.8, 4) is 0 Å². The van der Waals surface area contributed by atoms with E-state index in [1.807, 2.05) is 18.2 Å². The van der Waals surface area contributed by atoms with Crippen molar-refractivity contribution in [2.24, 2.45) is 5.10 Å². The van der Waals surface area contributed by atoms with Gasteiger partial charge in [0.1, 0.15) is 5.71 Å². The number of hydrazone groups is 1. The minimum atomic E-state index is -1.00. The molecular weight excluding hydrogens is 359 g/mol. The first kappa shape index (κ1) is 16.6. The van der Waals surface area contributed by atoms with Crippen molar-refractivity contribution in [3.63, 3.8) is 0 Å². The van der Waals surface area contributed by atoms with Crippen molar-refractivity contribution in [1.82, 2.24) is 5.01 Å². The van der Waals surface area contributed by atoms with Crippen LogP contribution < -0.4 is 0 Å². The van der Waals surface area contributed by atoms with Gasteiger partial charge in [0.05, 0.1) is 17.1 Å². The molecule has 3 aliphatic rings.